The summed E-state index contributed by atoms with van der Waals surface area (Å²) in [5, 5.41) is 5.92. The van der Waals surface area contributed by atoms with Gasteiger partial charge in [-0.05, 0) is 30.9 Å². The Morgan fingerprint density at radius 3 is 2.78 bits per heavy atom. The molecule has 0 aliphatic carbocycles. The minimum Gasteiger partial charge on any atom is -0.469 e. The van der Waals surface area contributed by atoms with E-state index in [9.17, 15) is 0 Å². The average Bonchev–Trinajstić information content (AvgIpc) is 3.02. The molecule has 0 unspecified atom stereocenters. The van der Waals surface area contributed by atoms with Gasteiger partial charge in [0.15, 0.2) is 0 Å². The molecule has 0 aliphatic rings. The number of anilines is 1. The summed E-state index contributed by atoms with van der Waals surface area (Å²) < 4.78 is 10.5. The summed E-state index contributed by atoms with van der Waals surface area (Å²) in [5.74, 6) is 1.72. The van der Waals surface area contributed by atoms with Crippen LogP contribution in [0.5, 0.6) is 0 Å². The normalized spacial score (nSPS) is 11.0. The number of nitrogens with two attached hydrogens (primary N) is 1. The lowest BCUT2D eigenvalue weighted by Gasteiger charge is -1.92. The van der Waals surface area contributed by atoms with Crippen LogP contribution in [0.15, 0.2) is 26.6 Å². The first kappa shape index (κ1) is 11.0. The minimum atomic E-state index is 0.446. The van der Waals surface area contributed by atoms with E-state index in [1.54, 1.807) is 6.26 Å². The zero-order valence-corrected chi connectivity index (χ0v) is 10.7. The molecular formula is C12H11N3O2S. The van der Waals surface area contributed by atoms with E-state index in [0.717, 1.165) is 21.8 Å². The third-order valence-corrected chi connectivity index (χ3v) is 3.84. The lowest BCUT2D eigenvalue weighted by Crippen LogP contribution is -1.87. The van der Waals surface area contributed by atoms with Crippen LogP contribution < -0.4 is 5.73 Å². The van der Waals surface area contributed by atoms with Crippen LogP contribution >= 0.6 is 11.3 Å². The smallest absolute Gasteiger partial charge is 0.270 e. The molecule has 0 bridgehead atoms. The van der Waals surface area contributed by atoms with Gasteiger partial charge in [0.25, 0.3) is 5.89 Å². The van der Waals surface area contributed by atoms with Crippen molar-refractivity contribution in [2.24, 2.45) is 0 Å². The summed E-state index contributed by atoms with van der Waals surface area (Å²) in [4.78, 5) is 5.16. The van der Waals surface area contributed by atoms with Gasteiger partial charge in [0.1, 0.15) is 10.6 Å². The second kappa shape index (κ2) is 3.99. The first-order chi connectivity index (χ1) is 8.66. The molecule has 0 atom stereocenters. The van der Waals surface area contributed by atoms with E-state index in [1.807, 2.05) is 25.3 Å². The first-order valence-corrected chi connectivity index (χ1v) is 6.27. The SMILES string of the molecule is Cc1csc(-c2nc(-c3ccoc3C)no2)c1N. The molecular weight excluding hydrogens is 250 g/mol. The van der Waals surface area contributed by atoms with Crippen LogP contribution in [0.1, 0.15) is 11.3 Å². The molecule has 18 heavy (non-hydrogen) atoms. The van der Waals surface area contributed by atoms with E-state index in [4.69, 9.17) is 14.7 Å². The summed E-state index contributed by atoms with van der Waals surface area (Å²) in [6, 6.07) is 1.81. The van der Waals surface area contributed by atoms with E-state index in [-0.39, 0.29) is 0 Å². The predicted octanol–water partition coefficient (Wildman–Crippen LogP) is 3.26. The van der Waals surface area contributed by atoms with Crippen molar-refractivity contribution in [3.8, 4) is 22.2 Å². The largest absolute Gasteiger partial charge is 0.469 e. The quantitative estimate of drug-likeness (QED) is 0.766. The molecule has 2 N–H and O–H groups in total. The number of nitrogens with zero attached hydrogens (tertiary/aromatic N) is 2. The number of nitrogen functional groups attached to an aromatic ring is 1. The number of rotatable bonds is 2. The number of furan rings is 1. The van der Waals surface area contributed by atoms with Crippen LogP contribution in [0.2, 0.25) is 0 Å². The number of hydrogen-bond acceptors (Lipinski definition) is 6. The molecule has 3 aromatic heterocycles. The average molecular weight is 261 g/mol. The van der Waals surface area contributed by atoms with Crippen molar-refractivity contribution in [1.29, 1.82) is 0 Å². The standard InChI is InChI=1S/C12H11N3O2S/c1-6-5-18-10(9(6)13)12-14-11(15-17-12)8-3-4-16-7(8)2/h3-5H,13H2,1-2H3. The van der Waals surface area contributed by atoms with Crippen molar-refractivity contribution in [1.82, 2.24) is 10.1 Å². The molecule has 0 aliphatic heterocycles. The van der Waals surface area contributed by atoms with Crippen LogP contribution in [-0.4, -0.2) is 10.1 Å². The van der Waals surface area contributed by atoms with Gasteiger partial charge in [0.05, 0.1) is 17.5 Å². The Balaban J connectivity index is 2.05. The van der Waals surface area contributed by atoms with Crippen molar-refractivity contribution in [2.45, 2.75) is 13.8 Å². The molecule has 0 saturated heterocycles. The summed E-state index contributed by atoms with van der Waals surface area (Å²) >= 11 is 1.50. The van der Waals surface area contributed by atoms with Crippen molar-refractivity contribution in [3.05, 3.63) is 29.0 Å². The van der Waals surface area contributed by atoms with Crippen LogP contribution in [0.4, 0.5) is 5.69 Å². The summed E-state index contributed by atoms with van der Waals surface area (Å²) in [6.07, 6.45) is 1.60. The van der Waals surface area contributed by atoms with Gasteiger partial charge in [0.2, 0.25) is 5.82 Å². The Labute approximate surface area is 107 Å². The fraction of sp³-hybridized carbons (Fsp3) is 0.167. The zero-order valence-electron chi connectivity index (χ0n) is 9.93. The van der Waals surface area contributed by atoms with Crippen LogP contribution in [0.25, 0.3) is 22.2 Å². The number of hydrogen-bond donors (Lipinski definition) is 1. The van der Waals surface area contributed by atoms with Crippen molar-refractivity contribution < 1.29 is 8.94 Å². The highest BCUT2D eigenvalue weighted by molar-refractivity contribution is 7.14. The third kappa shape index (κ3) is 1.62. The second-order valence-electron chi connectivity index (χ2n) is 3.98. The van der Waals surface area contributed by atoms with Gasteiger partial charge in [0, 0.05) is 0 Å². The number of aromatic nitrogens is 2. The summed E-state index contributed by atoms with van der Waals surface area (Å²) in [6.45, 7) is 3.81. The lowest BCUT2D eigenvalue weighted by atomic mass is 10.2. The maximum absolute atomic E-state index is 5.96. The van der Waals surface area contributed by atoms with E-state index in [2.05, 4.69) is 10.1 Å². The first-order valence-electron chi connectivity index (χ1n) is 5.39. The number of aryl methyl sites for hydroxylation is 2. The Kier molecular flexibility index (Phi) is 2.45. The second-order valence-corrected chi connectivity index (χ2v) is 4.85. The molecule has 0 saturated carbocycles. The molecule has 3 aromatic rings. The topological polar surface area (TPSA) is 78.1 Å². The maximum atomic E-state index is 5.96. The van der Waals surface area contributed by atoms with Gasteiger partial charge in [-0.3, -0.25) is 0 Å². The summed E-state index contributed by atoms with van der Waals surface area (Å²) in [7, 11) is 0. The third-order valence-electron chi connectivity index (χ3n) is 2.74. The Bertz CT molecular complexity index is 696. The lowest BCUT2D eigenvalue weighted by molar-refractivity contribution is 0.433. The Morgan fingerprint density at radius 2 is 2.17 bits per heavy atom. The molecule has 3 heterocycles. The van der Waals surface area contributed by atoms with E-state index < -0.39 is 0 Å². The molecule has 0 amide bonds. The highest BCUT2D eigenvalue weighted by Crippen LogP contribution is 2.34. The zero-order chi connectivity index (χ0) is 12.7. The van der Waals surface area contributed by atoms with Gasteiger partial charge in [-0.25, -0.2) is 0 Å². The maximum Gasteiger partial charge on any atom is 0.270 e. The fourth-order valence-corrected chi connectivity index (χ4v) is 2.55. The van der Waals surface area contributed by atoms with Gasteiger partial charge in [-0.2, -0.15) is 4.98 Å². The monoisotopic (exact) mass is 261 g/mol. The highest BCUT2D eigenvalue weighted by Gasteiger charge is 2.17. The highest BCUT2D eigenvalue weighted by atomic mass is 32.1. The van der Waals surface area contributed by atoms with Crippen LogP contribution in [0.3, 0.4) is 0 Å². The molecule has 92 valence electrons. The molecule has 0 radical (unpaired) electrons. The van der Waals surface area contributed by atoms with Crippen molar-refractivity contribution in [3.63, 3.8) is 0 Å². The minimum absolute atomic E-state index is 0.446. The van der Waals surface area contributed by atoms with Gasteiger partial charge < -0.3 is 14.7 Å². The number of thiophene rings is 1. The molecule has 0 fully saturated rings. The Morgan fingerprint density at radius 1 is 1.33 bits per heavy atom. The van der Waals surface area contributed by atoms with Crippen LogP contribution in [-0.2, 0) is 0 Å². The van der Waals surface area contributed by atoms with E-state index in [0.29, 0.717) is 17.4 Å². The molecule has 5 nitrogen and oxygen atoms in total. The van der Waals surface area contributed by atoms with Gasteiger partial charge >= 0.3 is 0 Å². The fourth-order valence-electron chi connectivity index (χ4n) is 1.66. The van der Waals surface area contributed by atoms with Gasteiger partial charge in [-0.15, -0.1) is 11.3 Å². The summed E-state index contributed by atoms with van der Waals surface area (Å²) in [5.41, 5.74) is 8.50. The molecule has 6 heteroatoms. The Hall–Kier alpha value is -2.08. The molecule has 0 spiro atoms. The van der Waals surface area contributed by atoms with Crippen molar-refractivity contribution in [2.75, 3.05) is 5.73 Å². The molecule has 3 rings (SSSR count). The predicted molar refractivity (Wildman–Crippen MR) is 69.2 cm³/mol. The van der Waals surface area contributed by atoms with E-state index in [1.165, 1.54) is 11.3 Å². The molecule has 0 aromatic carbocycles. The van der Waals surface area contributed by atoms with Gasteiger partial charge in [-0.1, -0.05) is 5.16 Å². The van der Waals surface area contributed by atoms with Crippen LogP contribution in [0, 0.1) is 13.8 Å². The van der Waals surface area contributed by atoms with Crippen molar-refractivity contribution >= 4 is 17.0 Å². The van der Waals surface area contributed by atoms with E-state index >= 15 is 0 Å².